The molecule has 26 heavy (non-hydrogen) atoms. The number of aliphatic hydroxyl groups is 2. The first kappa shape index (κ1) is 18.8. The molecule has 2 aromatic heterocycles. The molecule has 0 unspecified atom stereocenters. The monoisotopic (exact) mass is 368 g/mol. The number of quaternary nitrogens is 2. The van der Waals surface area contributed by atoms with Crippen LogP contribution in [0.4, 0.5) is 0 Å². The highest BCUT2D eigenvalue weighted by Crippen LogP contribution is 2.02. The molecule has 1 saturated heterocycles. The van der Waals surface area contributed by atoms with Gasteiger partial charge in [-0.2, -0.15) is 0 Å². The summed E-state index contributed by atoms with van der Waals surface area (Å²) in [5.74, 6) is 0. The van der Waals surface area contributed by atoms with Gasteiger partial charge in [0, 0.05) is 14.1 Å². The van der Waals surface area contributed by atoms with Crippen LogP contribution < -0.4 is 21.0 Å². The fraction of sp³-hybridized carbons (Fsp3) is 0.688. The molecule has 0 aliphatic carbocycles. The van der Waals surface area contributed by atoms with E-state index in [0.29, 0.717) is 17.7 Å². The van der Waals surface area contributed by atoms with E-state index in [4.69, 9.17) is 5.11 Å². The minimum Gasteiger partial charge on any atom is -0.391 e. The Morgan fingerprint density at radius 2 is 1.85 bits per heavy atom. The van der Waals surface area contributed by atoms with E-state index in [9.17, 15) is 14.7 Å². The Bertz CT molecular complexity index is 877. The molecule has 3 rings (SSSR count). The average molecular weight is 368 g/mol. The lowest BCUT2D eigenvalue weighted by Crippen LogP contribution is -3.28. The first-order valence-electron chi connectivity index (χ1n) is 8.99. The quantitative estimate of drug-likeness (QED) is 0.407. The Balaban J connectivity index is 1.72. The van der Waals surface area contributed by atoms with Crippen LogP contribution in [-0.4, -0.2) is 80.9 Å². The van der Waals surface area contributed by atoms with Crippen molar-refractivity contribution in [1.82, 2.24) is 18.7 Å². The van der Waals surface area contributed by atoms with Gasteiger partial charge in [0.05, 0.1) is 19.5 Å². The lowest BCUT2D eigenvalue weighted by atomic mass is 10.2. The number of rotatable bonds is 6. The zero-order valence-corrected chi connectivity index (χ0v) is 15.3. The van der Waals surface area contributed by atoms with Gasteiger partial charge in [0.15, 0.2) is 11.2 Å². The second-order valence-electron chi connectivity index (χ2n) is 7.12. The predicted octanol–water partition coefficient (Wildman–Crippen LogP) is -5.43. The third kappa shape index (κ3) is 3.58. The molecule has 10 nitrogen and oxygen atoms in total. The number of hydrogen-bond donors (Lipinski definition) is 4. The van der Waals surface area contributed by atoms with Crippen molar-refractivity contribution in [3.8, 4) is 0 Å². The van der Waals surface area contributed by atoms with E-state index in [1.165, 1.54) is 20.7 Å². The Kier molecular flexibility index (Phi) is 5.56. The zero-order chi connectivity index (χ0) is 18.8. The fourth-order valence-corrected chi connectivity index (χ4v) is 3.74. The van der Waals surface area contributed by atoms with Gasteiger partial charge in [-0.3, -0.25) is 13.9 Å². The Labute approximate surface area is 150 Å². The Hall–Kier alpha value is -2.01. The van der Waals surface area contributed by atoms with Crippen LogP contribution in [0.15, 0.2) is 15.9 Å². The number of aryl methyl sites for hydroxylation is 2. The molecule has 144 valence electrons. The second-order valence-corrected chi connectivity index (χ2v) is 7.12. The van der Waals surface area contributed by atoms with Gasteiger partial charge in [-0.05, 0) is 0 Å². The highest BCUT2D eigenvalue weighted by Gasteiger charge is 2.25. The van der Waals surface area contributed by atoms with Crippen molar-refractivity contribution in [2.24, 2.45) is 14.1 Å². The Morgan fingerprint density at radius 1 is 1.19 bits per heavy atom. The smallest absolute Gasteiger partial charge is 0.332 e. The summed E-state index contributed by atoms with van der Waals surface area (Å²) >= 11 is 0. The van der Waals surface area contributed by atoms with E-state index >= 15 is 0 Å². The molecule has 2 aromatic rings. The maximum Gasteiger partial charge on any atom is 0.332 e. The largest absolute Gasteiger partial charge is 0.391 e. The van der Waals surface area contributed by atoms with Gasteiger partial charge in [-0.1, -0.05) is 0 Å². The molecular formula is C16H28N6O4+2. The van der Waals surface area contributed by atoms with E-state index in [1.807, 2.05) is 0 Å². The minimum atomic E-state index is -0.777. The number of imidazole rings is 1. The van der Waals surface area contributed by atoms with Crippen LogP contribution in [0.1, 0.15) is 0 Å². The molecule has 0 aromatic carbocycles. The summed E-state index contributed by atoms with van der Waals surface area (Å²) in [5, 5.41) is 19.5. The molecule has 0 spiro atoms. The predicted molar refractivity (Wildman–Crippen MR) is 94.4 cm³/mol. The van der Waals surface area contributed by atoms with Crippen molar-refractivity contribution in [3.63, 3.8) is 0 Å². The number of aliphatic hydroxyl groups excluding tert-OH is 2. The van der Waals surface area contributed by atoms with Crippen LogP contribution in [0.3, 0.4) is 0 Å². The number of nitrogens with zero attached hydrogens (tertiary/aromatic N) is 4. The molecule has 4 N–H and O–H groups in total. The van der Waals surface area contributed by atoms with Crippen LogP contribution in [0.5, 0.6) is 0 Å². The molecule has 10 heteroatoms. The lowest BCUT2D eigenvalue weighted by Gasteiger charge is -2.30. The summed E-state index contributed by atoms with van der Waals surface area (Å²) in [5.41, 5.74) is -0.184. The molecule has 1 fully saturated rings. The van der Waals surface area contributed by atoms with Crippen LogP contribution in [-0.2, 0) is 20.6 Å². The maximum atomic E-state index is 12.7. The number of hydrogen-bond acceptors (Lipinski definition) is 5. The zero-order valence-electron chi connectivity index (χ0n) is 15.3. The summed E-state index contributed by atoms with van der Waals surface area (Å²) in [4.78, 5) is 31.9. The van der Waals surface area contributed by atoms with Crippen LogP contribution in [0.2, 0.25) is 0 Å². The van der Waals surface area contributed by atoms with Gasteiger partial charge < -0.3 is 24.6 Å². The van der Waals surface area contributed by atoms with Crippen LogP contribution in [0, 0.1) is 0 Å². The van der Waals surface area contributed by atoms with Crippen molar-refractivity contribution < 1.29 is 20.0 Å². The minimum absolute atomic E-state index is 0.0245. The van der Waals surface area contributed by atoms with Gasteiger partial charge in [0.25, 0.3) is 5.56 Å². The maximum absolute atomic E-state index is 12.7. The number of nitrogens with one attached hydrogen (secondary N) is 2. The standard InChI is InChI=1S/C16H26N6O4/c1-18-11-17-14-13(18)15(25)22(16(26)19(14)2)10-12(24)9-21-5-3-20(4-6-21)7-8-23/h11-12,23-24H,3-10H2,1-2H3/p+2/t12-/m0/s1. The molecule has 3 heterocycles. The van der Waals surface area contributed by atoms with Crippen molar-refractivity contribution >= 4 is 11.2 Å². The summed E-state index contributed by atoms with van der Waals surface area (Å²) in [7, 11) is 3.29. The van der Waals surface area contributed by atoms with Gasteiger partial charge in [-0.25, -0.2) is 9.78 Å². The first-order valence-corrected chi connectivity index (χ1v) is 8.99. The molecule has 1 aliphatic heterocycles. The van der Waals surface area contributed by atoms with Crippen molar-refractivity contribution in [2.75, 3.05) is 45.9 Å². The summed E-state index contributed by atoms with van der Waals surface area (Å²) in [6.07, 6.45) is 0.727. The molecule has 0 radical (unpaired) electrons. The van der Waals surface area contributed by atoms with Gasteiger partial charge in [0.1, 0.15) is 45.4 Å². The summed E-state index contributed by atoms with van der Waals surface area (Å²) in [6.45, 7) is 5.12. The third-order valence-corrected chi connectivity index (χ3v) is 5.25. The highest BCUT2D eigenvalue weighted by molar-refractivity contribution is 5.69. The van der Waals surface area contributed by atoms with Crippen molar-refractivity contribution in [1.29, 1.82) is 0 Å². The summed E-state index contributed by atoms with van der Waals surface area (Å²) in [6, 6.07) is 0. The first-order chi connectivity index (χ1) is 12.4. The van der Waals surface area contributed by atoms with Gasteiger partial charge in [-0.15, -0.1) is 0 Å². The highest BCUT2D eigenvalue weighted by atomic mass is 16.3. The number of aromatic nitrogens is 4. The number of piperazine rings is 1. The summed E-state index contributed by atoms with van der Waals surface area (Å²) < 4.78 is 4.03. The normalized spacial score (nSPS) is 22.0. The van der Waals surface area contributed by atoms with E-state index < -0.39 is 17.4 Å². The van der Waals surface area contributed by atoms with Gasteiger partial charge in [0.2, 0.25) is 0 Å². The third-order valence-electron chi connectivity index (χ3n) is 5.25. The second kappa shape index (κ2) is 7.70. The molecular weight excluding hydrogens is 340 g/mol. The van der Waals surface area contributed by atoms with Crippen molar-refractivity contribution in [2.45, 2.75) is 12.6 Å². The van der Waals surface area contributed by atoms with E-state index in [1.54, 1.807) is 18.7 Å². The lowest BCUT2D eigenvalue weighted by molar-refractivity contribution is -1.01. The molecule has 1 aliphatic rings. The molecule has 0 saturated carbocycles. The van der Waals surface area contributed by atoms with E-state index in [-0.39, 0.29) is 13.2 Å². The molecule has 0 bridgehead atoms. The average Bonchev–Trinajstić information content (AvgIpc) is 3.01. The van der Waals surface area contributed by atoms with Crippen LogP contribution in [0.25, 0.3) is 11.2 Å². The van der Waals surface area contributed by atoms with E-state index in [2.05, 4.69) is 4.98 Å². The van der Waals surface area contributed by atoms with Gasteiger partial charge >= 0.3 is 5.69 Å². The molecule has 0 amide bonds. The topological polar surface area (TPSA) is 111 Å². The van der Waals surface area contributed by atoms with Crippen molar-refractivity contribution in [3.05, 3.63) is 27.2 Å². The SMILES string of the molecule is Cn1cnc2c1c(=O)n(C[C@@H](O)C[NH+]1CC[NH+](CCO)CC1)c(=O)n2C. The van der Waals surface area contributed by atoms with E-state index in [0.717, 1.165) is 37.3 Å². The molecule has 1 atom stereocenters. The number of fused-ring (bicyclic) bond motifs is 1. The Morgan fingerprint density at radius 3 is 2.50 bits per heavy atom. The fourth-order valence-electron chi connectivity index (χ4n) is 3.74. The van der Waals surface area contributed by atoms with Crippen LogP contribution >= 0.6 is 0 Å².